The summed E-state index contributed by atoms with van der Waals surface area (Å²) in [4.78, 5) is 14.5. The van der Waals surface area contributed by atoms with Gasteiger partial charge in [-0.25, -0.2) is 0 Å². The molecule has 4 rings (SSSR count). The summed E-state index contributed by atoms with van der Waals surface area (Å²) in [7, 11) is 0. The number of allylic oxidation sites excluding steroid dienone is 2. The molecule has 7 heteroatoms. The molecule has 0 atom stereocenters. The molecule has 1 radical (unpaired) electrons. The maximum Gasteiger partial charge on any atom is 0.417 e. The Morgan fingerprint density at radius 3 is 2.14 bits per heavy atom. The van der Waals surface area contributed by atoms with Crippen molar-refractivity contribution in [3.63, 3.8) is 0 Å². The number of nitrogens with zero attached hydrogens (tertiary/aromatic N) is 1. The summed E-state index contributed by atoms with van der Waals surface area (Å²) in [6.45, 7) is 8.32. The molecule has 35 heavy (non-hydrogen) atoms. The number of pyridine rings is 1. The molecule has 0 aliphatic carbocycles. The number of aliphatic hydroxyl groups excluding tert-OH is 1. The fraction of sp³-hybridized carbons (Fsp3) is 0.214. The summed E-state index contributed by atoms with van der Waals surface area (Å²) in [5.74, 6) is -0.0625. The summed E-state index contributed by atoms with van der Waals surface area (Å²) in [6.07, 6.45) is -1.68. The molecule has 185 valence electrons. The van der Waals surface area contributed by atoms with Crippen molar-refractivity contribution in [3.05, 3.63) is 88.8 Å². The SMILES string of the molecule is CC(=O)/C=C(/C)O.Cc1[c-]c(-c2nccc3c(C)c(C(F)(F)F)c4ccccc4c23)cc(C)c1.[Ir]. The van der Waals surface area contributed by atoms with Gasteiger partial charge in [0.05, 0.1) is 11.3 Å². The van der Waals surface area contributed by atoms with Gasteiger partial charge >= 0.3 is 6.18 Å². The van der Waals surface area contributed by atoms with Crippen LogP contribution in [0.2, 0.25) is 0 Å². The number of carbonyl (C=O) groups is 1. The molecule has 0 amide bonds. The molecular weight excluding hydrogens is 632 g/mol. The first-order chi connectivity index (χ1) is 15.9. The number of hydrogen-bond acceptors (Lipinski definition) is 3. The number of alkyl halides is 3. The van der Waals surface area contributed by atoms with Crippen molar-refractivity contribution >= 4 is 27.3 Å². The summed E-state index contributed by atoms with van der Waals surface area (Å²) < 4.78 is 41.4. The number of benzene rings is 3. The Morgan fingerprint density at radius 2 is 1.63 bits per heavy atom. The van der Waals surface area contributed by atoms with E-state index in [1.165, 1.54) is 32.9 Å². The van der Waals surface area contributed by atoms with Crippen molar-refractivity contribution in [1.29, 1.82) is 0 Å². The number of halogens is 3. The van der Waals surface area contributed by atoms with Crippen LogP contribution in [0.4, 0.5) is 13.2 Å². The fourth-order valence-electron chi connectivity index (χ4n) is 4.19. The minimum Gasteiger partial charge on any atom is -0.512 e. The molecule has 0 aliphatic rings. The summed E-state index contributed by atoms with van der Waals surface area (Å²) in [5, 5.41) is 10.4. The number of hydrogen-bond donors (Lipinski definition) is 1. The van der Waals surface area contributed by atoms with Crippen LogP contribution in [0.3, 0.4) is 0 Å². The van der Waals surface area contributed by atoms with Crippen molar-refractivity contribution in [3.8, 4) is 11.3 Å². The topological polar surface area (TPSA) is 50.2 Å². The number of rotatable bonds is 2. The van der Waals surface area contributed by atoms with Crippen molar-refractivity contribution in [2.75, 3.05) is 0 Å². The van der Waals surface area contributed by atoms with E-state index in [9.17, 15) is 18.0 Å². The van der Waals surface area contributed by atoms with E-state index >= 15 is 0 Å². The average Bonchev–Trinajstić information content (AvgIpc) is 2.71. The van der Waals surface area contributed by atoms with Crippen molar-refractivity contribution in [2.24, 2.45) is 0 Å². The van der Waals surface area contributed by atoms with Gasteiger partial charge in [-0.3, -0.25) is 4.79 Å². The van der Waals surface area contributed by atoms with Gasteiger partial charge in [0.25, 0.3) is 0 Å². The molecule has 0 aliphatic heterocycles. The Kier molecular flexibility index (Phi) is 8.99. The molecule has 0 unspecified atom stereocenters. The standard InChI is InChI=1S/C23H17F3N.C5H8O2.Ir/c1-13-10-14(2)12-16(11-13)22-20-17(8-9-27-22)15(3)21(23(24,25)26)19-7-5-4-6-18(19)20;1-4(6)3-5(2)7;/h4-11H,1-3H3;3,6H,1-2H3;/q-1;;/b;4-3-;. The van der Waals surface area contributed by atoms with E-state index in [1.807, 2.05) is 26.0 Å². The quantitative estimate of drug-likeness (QED) is 0.104. The second kappa shape index (κ2) is 11.1. The first-order valence-corrected chi connectivity index (χ1v) is 10.7. The van der Waals surface area contributed by atoms with Gasteiger partial charge in [0.1, 0.15) is 0 Å². The third-order valence-corrected chi connectivity index (χ3v) is 5.29. The van der Waals surface area contributed by atoms with Crippen LogP contribution in [-0.4, -0.2) is 15.9 Å². The van der Waals surface area contributed by atoms with Crippen LogP contribution in [0, 0.1) is 26.8 Å². The zero-order valence-corrected chi connectivity index (χ0v) is 22.4. The number of aromatic nitrogens is 1. The number of ketones is 1. The van der Waals surface area contributed by atoms with Crippen LogP contribution in [0.15, 0.2) is 60.5 Å². The second-order valence-corrected chi connectivity index (χ2v) is 8.28. The molecule has 0 spiro atoms. The molecule has 3 aromatic carbocycles. The fourth-order valence-corrected chi connectivity index (χ4v) is 4.19. The Bertz CT molecular complexity index is 1400. The number of fused-ring (bicyclic) bond motifs is 3. The van der Waals surface area contributed by atoms with Gasteiger partial charge in [-0.1, -0.05) is 38.1 Å². The van der Waals surface area contributed by atoms with Crippen molar-refractivity contribution in [2.45, 2.75) is 40.8 Å². The van der Waals surface area contributed by atoms with Gasteiger partial charge in [-0.05, 0) is 59.6 Å². The number of carbonyl (C=O) groups excluding carboxylic acids is 1. The molecule has 3 nitrogen and oxygen atoms in total. The molecule has 0 saturated heterocycles. The Hall–Kier alpha value is -3.02. The molecule has 4 aromatic rings. The predicted octanol–water partition coefficient (Wildman–Crippen LogP) is 7.83. The molecule has 1 aromatic heterocycles. The molecule has 1 N–H and O–H groups in total. The zero-order valence-electron chi connectivity index (χ0n) is 20.0. The van der Waals surface area contributed by atoms with Crippen molar-refractivity contribution < 1.29 is 43.2 Å². The monoisotopic (exact) mass is 657 g/mol. The van der Waals surface area contributed by atoms with E-state index in [2.05, 4.69) is 11.1 Å². The van der Waals surface area contributed by atoms with Gasteiger partial charge < -0.3 is 10.1 Å². The predicted molar refractivity (Wildman–Crippen MR) is 130 cm³/mol. The first kappa shape index (κ1) is 28.2. The van der Waals surface area contributed by atoms with E-state index in [4.69, 9.17) is 5.11 Å². The first-order valence-electron chi connectivity index (χ1n) is 10.7. The average molecular weight is 657 g/mol. The number of aryl methyl sites for hydroxylation is 3. The van der Waals surface area contributed by atoms with Gasteiger partial charge in [-0.15, -0.1) is 34.9 Å². The van der Waals surface area contributed by atoms with Gasteiger partial charge in [0, 0.05) is 32.4 Å². The number of aliphatic hydroxyl groups is 1. The molecule has 0 bridgehead atoms. The van der Waals surface area contributed by atoms with Crippen LogP contribution in [0.5, 0.6) is 0 Å². The molecule has 1 heterocycles. The van der Waals surface area contributed by atoms with Crippen molar-refractivity contribution in [1.82, 2.24) is 4.98 Å². The van der Waals surface area contributed by atoms with Crippen LogP contribution in [0.1, 0.15) is 36.1 Å². The van der Waals surface area contributed by atoms with E-state index < -0.39 is 11.7 Å². The van der Waals surface area contributed by atoms with Gasteiger partial charge in [-0.2, -0.15) is 13.2 Å². The van der Waals surface area contributed by atoms with E-state index in [1.54, 1.807) is 30.5 Å². The largest absolute Gasteiger partial charge is 0.512 e. The van der Waals surface area contributed by atoms with Crippen LogP contribution in [0.25, 0.3) is 32.8 Å². The minimum atomic E-state index is -4.42. The maximum absolute atomic E-state index is 13.8. The summed E-state index contributed by atoms with van der Waals surface area (Å²) in [5.41, 5.74) is 3.14. The Labute approximate surface area is 216 Å². The van der Waals surface area contributed by atoms with E-state index in [-0.39, 0.29) is 42.6 Å². The van der Waals surface area contributed by atoms with Gasteiger partial charge in [0.15, 0.2) is 5.78 Å². The molecular formula is C28H25F3IrNO2-. The minimum absolute atomic E-state index is 0. The van der Waals surface area contributed by atoms with E-state index in [0.29, 0.717) is 16.5 Å². The molecule has 0 saturated carbocycles. The zero-order chi connectivity index (χ0) is 25.2. The Morgan fingerprint density at radius 1 is 1.00 bits per heavy atom. The van der Waals surface area contributed by atoms with Crippen LogP contribution in [-0.2, 0) is 31.1 Å². The smallest absolute Gasteiger partial charge is 0.417 e. The second-order valence-electron chi connectivity index (χ2n) is 8.28. The normalized spacial score (nSPS) is 11.6. The Balaban J connectivity index is 0.000000476. The van der Waals surface area contributed by atoms with Crippen LogP contribution < -0.4 is 0 Å². The maximum atomic E-state index is 13.8. The molecule has 0 fully saturated rings. The third-order valence-electron chi connectivity index (χ3n) is 5.29. The van der Waals surface area contributed by atoms with Gasteiger partial charge in [0.2, 0.25) is 0 Å². The van der Waals surface area contributed by atoms with E-state index in [0.717, 1.165) is 22.1 Å². The van der Waals surface area contributed by atoms with Crippen LogP contribution >= 0.6 is 0 Å². The third kappa shape index (κ3) is 6.36. The summed E-state index contributed by atoms with van der Waals surface area (Å²) >= 11 is 0. The summed E-state index contributed by atoms with van der Waals surface area (Å²) in [6, 6.07) is 15.6.